The minimum atomic E-state index is -3.63. The van der Waals surface area contributed by atoms with Crippen molar-refractivity contribution >= 4 is 21.8 Å². The standard InChI is InChI=1S/C16H23N3O5S/c1-3-15(20)17-8-9-18(11-17)16(21)13-10-14(12(2)24-13)25(22,23)19-6-4-5-7-19/h10H,3-9,11H2,1-2H3. The Bertz CT molecular complexity index is 780. The lowest BCUT2D eigenvalue weighted by molar-refractivity contribution is -0.130. The van der Waals surface area contributed by atoms with Crippen LogP contribution in [0.5, 0.6) is 0 Å². The zero-order chi connectivity index (χ0) is 18.2. The van der Waals surface area contributed by atoms with Crippen LogP contribution in [0.3, 0.4) is 0 Å². The van der Waals surface area contributed by atoms with E-state index in [-0.39, 0.29) is 29.0 Å². The number of carbonyl (C=O) groups is 2. The predicted molar refractivity (Wildman–Crippen MR) is 89.3 cm³/mol. The van der Waals surface area contributed by atoms with Gasteiger partial charge < -0.3 is 14.2 Å². The van der Waals surface area contributed by atoms with Gasteiger partial charge in [0.25, 0.3) is 5.91 Å². The fourth-order valence-electron chi connectivity index (χ4n) is 3.23. The first-order valence-electron chi connectivity index (χ1n) is 8.52. The summed E-state index contributed by atoms with van der Waals surface area (Å²) in [7, 11) is -3.63. The molecule has 3 rings (SSSR count). The molecule has 25 heavy (non-hydrogen) atoms. The molecule has 0 spiro atoms. The van der Waals surface area contributed by atoms with Gasteiger partial charge in [-0.3, -0.25) is 9.59 Å². The highest BCUT2D eigenvalue weighted by atomic mass is 32.2. The van der Waals surface area contributed by atoms with Crippen LogP contribution in [-0.4, -0.2) is 67.2 Å². The third-order valence-electron chi connectivity index (χ3n) is 4.69. The molecule has 8 nitrogen and oxygen atoms in total. The lowest BCUT2D eigenvalue weighted by Gasteiger charge is -2.16. The summed E-state index contributed by atoms with van der Waals surface area (Å²) in [5, 5.41) is 0. The van der Waals surface area contributed by atoms with Crippen molar-refractivity contribution in [2.75, 3.05) is 32.8 Å². The Kier molecular flexibility index (Phi) is 4.88. The second-order valence-electron chi connectivity index (χ2n) is 6.36. The Balaban J connectivity index is 1.78. The van der Waals surface area contributed by atoms with Crippen molar-refractivity contribution in [3.63, 3.8) is 0 Å². The van der Waals surface area contributed by atoms with Crippen LogP contribution in [0.4, 0.5) is 0 Å². The highest BCUT2D eigenvalue weighted by molar-refractivity contribution is 7.89. The number of hydrogen-bond donors (Lipinski definition) is 0. The lowest BCUT2D eigenvalue weighted by atomic mass is 10.4. The molecule has 2 fully saturated rings. The van der Waals surface area contributed by atoms with Gasteiger partial charge in [-0.1, -0.05) is 6.92 Å². The quantitative estimate of drug-likeness (QED) is 0.790. The average Bonchev–Trinajstić information content (AvgIpc) is 3.32. The van der Waals surface area contributed by atoms with Crippen molar-refractivity contribution in [1.29, 1.82) is 0 Å². The molecule has 1 aromatic rings. The summed E-state index contributed by atoms with van der Waals surface area (Å²) in [6.07, 6.45) is 2.08. The Morgan fingerprint density at radius 1 is 1.12 bits per heavy atom. The van der Waals surface area contributed by atoms with Gasteiger partial charge >= 0.3 is 0 Å². The molecule has 0 bridgehead atoms. The molecule has 0 atom stereocenters. The molecule has 0 aromatic carbocycles. The van der Waals surface area contributed by atoms with E-state index in [2.05, 4.69) is 0 Å². The number of carbonyl (C=O) groups excluding carboxylic acids is 2. The maximum Gasteiger partial charge on any atom is 0.291 e. The van der Waals surface area contributed by atoms with E-state index in [0.29, 0.717) is 32.6 Å². The van der Waals surface area contributed by atoms with Gasteiger partial charge in [0.1, 0.15) is 10.7 Å². The first-order chi connectivity index (χ1) is 11.8. The van der Waals surface area contributed by atoms with E-state index in [1.54, 1.807) is 18.7 Å². The maximum absolute atomic E-state index is 12.7. The van der Waals surface area contributed by atoms with Gasteiger partial charge in [-0.05, 0) is 19.8 Å². The van der Waals surface area contributed by atoms with Gasteiger partial charge in [0.2, 0.25) is 15.9 Å². The zero-order valence-electron chi connectivity index (χ0n) is 14.5. The maximum atomic E-state index is 12.7. The van der Waals surface area contributed by atoms with Crippen LogP contribution in [0.1, 0.15) is 42.5 Å². The fraction of sp³-hybridized carbons (Fsp3) is 0.625. The van der Waals surface area contributed by atoms with E-state index in [1.165, 1.54) is 15.3 Å². The minimum absolute atomic E-state index is 0.000990. The van der Waals surface area contributed by atoms with Crippen molar-refractivity contribution in [3.8, 4) is 0 Å². The van der Waals surface area contributed by atoms with Crippen molar-refractivity contribution in [2.45, 2.75) is 38.0 Å². The Morgan fingerprint density at radius 2 is 1.76 bits per heavy atom. The molecular weight excluding hydrogens is 346 g/mol. The van der Waals surface area contributed by atoms with Gasteiger partial charge in [-0.15, -0.1) is 0 Å². The summed E-state index contributed by atoms with van der Waals surface area (Å²) in [6, 6.07) is 1.32. The number of sulfonamides is 1. The van der Waals surface area contributed by atoms with Crippen LogP contribution in [0.15, 0.2) is 15.4 Å². The second-order valence-corrected chi connectivity index (χ2v) is 8.27. The van der Waals surface area contributed by atoms with E-state index in [1.807, 2.05) is 0 Å². The van der Waals surface area contributed by atoms with E-state index >= 15 is 0 Å². The van der Waals surface area contributed by atoms with Crippen molar-refractivity contribution in [3.05, 3.63) is 17.6 Å². The van der Waals surface area contributed by atoms with E-state index in [9.17, 15) is 18.0 Å². The highest BCUT2D eigenvalue weighted by Crippen LogP contribution is 2.27. The van der Waals surface area contributed by atoms with Crippen LogP contribution < -0.4 is 0 Å². The molecule has 9 heteroatoms. The molecular formula is C16H23N3O5S. The summed E-state index contributed by atoms with van der Waals surface area (Å²) in [6.45, 7) is 5.43. The van der Waals surface area contributed by atoms with Crippen LogP contribution in [-0.2, 0) is 14.8 Å². The summed E-state index contributed by atoms with van der Waals surface area (Å²) in [5.41, 5.74) is 0. The molecule has 138 valence electrons. The molecule has 2 aliphatic heterocycles. The molecule has 2 aliphatic rings. The van der Waals surface area contributed by atoms with Crippen molar-refractivity contribution < 1.29 is 22.4 Å². The average molecular weight is 369 g/mol. The molecule has 3 heterocycles. The lowest BCUT2D eigenvalue weighted by Crippen LogP contribution is -2.33. The number of furan rings is 1. The SMILES string of the molecule is CCC(=O)N1CCN(C(=O)c2cc(S(=O)(=O)N3CCCC3)c(C)o2)C1. The second kappa shape index (κ2) is 6.80. The van der Waals surface area contributed by atoms with Crippen LogP contribution in [0.2, 0.25) is 0 Å². The first-order valence-corrected chi connectivity index (χ1v) is 9.96. The van der Waals surface area contributed by atoms with Crippen molar-refractivity contribution in [1.82, 2.24) is 14.1 Å². The third-order valence-corrected chi connectivity index (χ3v) is 6.70. The number of hydrogen-bond acceptors (Lipinski definition) is 5. The summed E-state index contributed by atoms with van der Waals surface area (Å²) in [5.74, 6) is -0.183. The summed E-state index contributed by atoms with van der Waals surface area (Å²) in [4.78, 5) is 27.5. The van der Waals surface area contributed by atoms with Gasteiger partial charge in [0.15, 0.2) is 5.76 Å². The molecule has 0 radical (unpaired) electrons. The predicted octanol–water partition coefficient (Wildman–Crippen LogP) is 1.02. The fourth-order valence-corrected chi connectivity index (χ4v) is 4.91. The van der Waals surface area contributed by atoms with Gasteiger partial charge in [0, 0.05) is 38.7 Å². The van der Waals surface area contributed by atoms with Gasteiger partial charge in [0.05, 0.1) is 6.67 Å². The zero-order valence-corrected chi connectivity index (χ0v) is 15.3. The highest BCUT2D eigenvalue weighted by Gasteiger charge is 2.34. The van der Waals surface area contributed by atoms with Crippen LogP contribution in [0.25, 0.3) is 0 Å². The Hall–Kier alpha value is -1.87. The normalized spacial score (nSPS) is 19.0. The monoisotopic (exact) mass is 369 g/mol. The van der Waals surface area contributed by atoms with Crippen LogP contribution >= 0.6 is 0 Å². The number of rotatable bonds is 4. The summed E-state index contributed by atoms with van der Waals surface area (Å²) >= 11 is 0. The third kappa shape index (κ3) is 3.30. The van der Waals surface area contributed by atoms with E-state index in [0.717, 1.165) is 12.8 Å². The number of amides is 2. The molecule has 1 aromatic heterocycles. The molecule has 2 saturated heterocycles. The van der Waals surface area contributed by atoms with Crippen molar-refractivity contribution in [2.24, 2.45) is 0 Å². The molecule has 2 amide bonds. The van der Waals surface area contributed by atoms with Crippen LogP contribution in [0, 0.1) is 6.92 Å². The largest absolute Gasteiger partial charge is 0.455 e. The Labute approximate surface area is 147 Å². The number of nitrogens with zero attached hydrogens (tertiary/aromatic N) is 3. The first kappa shape index (κ1) is 17.9. The number of aryl methyl sites for hydroxylation is 1. The molecule has 0 unspecified atom stereocenters. The Morgan fingerprint density at radius 3 is 2.40 bits per heavy atom. The topological polar surface area (TPSA) is 91.1 Å². The van der Waals surface area contributed by atoms with Gasteiger partial charge in [-0.25, -0.2) is 8.42 Å². The van der Waals surface area contributed by atoms with E-state index < -0.39 is 15.9 Å². The van der Waals surface area contributed by atoms with E-state index in [4.69, 9.17) is 4.42 Å². The minimum Gasteiger partial charge on any atom is -0.455 e. The van der Waals surface area contributed by atoms with Gasteiger partial charge in [-0.2, -0.15) is 4.31 Å². The smallest absolute Gasteiger partial charge is 0.291 e. The summed E-state index contributed by atoms with van der Waals surface area (Å²) < 4.78 is 32.2. The molecule has 0 saturated carbocycles. The molecule has 0 N–H and O–H groups in total. The molecule has 0 aliphatic carbocycles.